The van der Waals surface area contributed by atoms with Gasteiger partial charge in [0.2, 0.25) is 0 Å². The fourth-order valence-electron chi connectivity index (χ4n) is 10.5. The normalized spacial score (nSPS) is 14.6. The van der Waals surface area contributed by atoms with Crippen LogP contribution < -0.4 is 33.7 Å². The molecule has 2 N–H and O–H groups in total. The molecule has 488 valence electrons. The summed E-state index contributed by atoms with van der Waals surface area (Å²) in [6, 6.07) is 70.7. The molecule has 9 aromatic carbocycles. The summed E-state index contributed by atoms with van der Waals surface area (Å²) in [6.45, 7) is 13.8. The number of fused-ring (bicyclic) bond motifs is 3. The van der Waals surface area contributed by atoms with Gasteiger partial charge in [-0.3, -0.25) is 9.80 Å². The van der Waals surface area contributed by atoms with Crippen LogP contribution in [0.5, 0.6) is 34.5 Å². The number of carboxylic acids is 1. The maximum atomic E-state index is 11.6. The predicted molar refractivity (Wildman–Crippen MR) is 363 cm³/mol. The molecule has 9 aromatic rings. The quantitative estimate of drug-likeness (QED) is 0.0543. The molecular weight excluding hydrogens is 1190 g/mol. The van der Waals surface area contributed by atoms with Crippen molar-refractivity contribution in [1.82, 2.24) is 15.1 Å². The largest absolute Gasteiger partial charge is 0.485 e. The first-order chi connectivity index (χ1) is 45.4. The van der Waals surface area contributed by atoms with E-state index >= 15 is 0 Å². The minimum atomic E-state index is -0.898. The molecule has 3 aliphatic rings. The molecule has 16 nitrogen and oxygen atoms in total. The molecule has 0 unspecified atom stereocenters. The van der Waals surface area contributed by atoms with Crippen LogP contribution in [0.15, 0.2) is 218 Å². The SMILES string of the molecule is C.CC=O.CCN(Cc1ccc(C(=O)O)cc1)Cc1ccc([C@H]2COc3ccccc3O2)cc1.CCN(Cc1ccc(C(=O)OC)cc1)Cc1ccc([C@H]2COc3ccccc3O2)cc1.COC(=O)c1ccc(CNCc2ccc([C@H]3COc4ccccc4O3)cc2)cc1. The first-order valence-corrected chi connectivity index (χ1v) is 31.1. The zero-order valence-corrected chi connectivity index (χ0v) is 53.1. The molecule has 16 heteroatoms. The standard InChI is InChI=1S/C26H27NO4.C25H25NO4.C24H23NO4.C2H4O.CH4/c1-3-27(17-20-10-14-22(15-11-20)26(28)29-2)16-19-8-12-21(13-9-19)25-18-30-23-6-4-5-7-24(23)31-25;1-2-26(16-19-9-13-21(14-10-19)25(27)28)15-18-7-11-20(12-8-18)24-17-29-22-5-3-4-6-23(22)30-24;1-27-24(26)20-12-8-18(9-13-20)15-25-14-17-6-10-19(11-7-17)23-16-28-21-4-2-3-5-22(21)29-23;1-2-3;/h4-15,25H,3,16-18H2,1-2H3;3-14,24H,2,15-17H2,1H3,(H,27,28);2-13,23,25H,14-16H2,1H3;2H,1H3;1H4/t25-;24-;23-;;/m111../s1. The second-order valence-electron chi connectivity index (χ2n) is 22.1. The Hall–Kier alpha value is -10.3. The van der Waals surface area contributed by atoms with Crippen molar-refractivity contribution in [3.05, 3.63) is 285 Å². The Morgan fingerprint density at radius 2 is 0.681 bits per heavy atom. The van der Waals surface area contributed by atoms with Gasteiger partial charge in [0.15, 0.2) is 52.8 Å². The van der Waals surface area contributed by atoms with Gasteiger partial charge in [0.05, 0.1) is 30.9 Å². The number of carbonyl (C=O) groups excluding carboxylic acids is 3. The summed E-state index contributed by atoms with van der Waals surface area (Å²) in [5.41, 5.74) is 11.8. The predicted octanol–water partition coefficient (Wildman–Crippen LogP) is 15.0. The number of aromatic carboxylic acids is 1. The van der Waals surface area contributed by atoms with Crippen molar-refractivity contribution >= 4 is 24.2 Å². The number of benzene rings is 9. The van der Waals surface area contributed by atoms with Crippen LogP contribution in [0.3, 0.4) is 0 Å². The van der Waals surface area contributed by atoms with Crippen LogP contribution in [-0.4, -0.2) is 86.2 Å². The summed E-state index contributed by atoms with van der Waals surface area (Å²) < 4.78 is 45.2. The first-order valence-electron chi connectivity index (χ1n) is 31.1. The number of carbonyl (C=O) groups is 4. The molecule has 3 aliphatic heterocycles. The number of rotatable bonds is 20. The van der Waals surface area contributed by atoms with Crippen LogP contribution in [0.2, 0.25) is 0 Å². The number of methoxy groups -OCH3 is 2. The average molecular weight is 1270 g/mol. The van der Waals surface area contributed by atoms with Crippen LogP contribution >= 0.6 is 0 Å². The maximum absolute atomic E-state index is 11.6. The van der Waals surface area contributed by atoms with Gasteiger partial charge in [-0.15, -0.1) is 0 Å². The van der Waals surface area contributed by atoms with Crippen LogP contribution in [-0.2, 0) is 53.5 Å². The number of carboxylic acid groups (broad SMARTS) is 1. The molecule has 0 spiro atoms. The van der Waals surface area contributed by atoms with Crippen molar-refractivity contribution in [3.63, 3.8) is 0 Å². The summed E-state index contributed by atoms with van der Waals surface area (Å²) in [5, 5.41) is 12.5. The van der Waals surface area contributed by atoms with E-state index in [1.807, 2.05) is 121 Å². The molecule has 0 saturated heterocycles. The Morgan fingerprint density at radius 1 is 0.426 bits per heavy atom. The number of hydrogen-bond donors (Lipinski definition) is 2. The van der Waals surface area contributed by atoms with E-state index in [9.17, 15) is 14.4 Å². The average Bonchev–Trinajstić information content (AvgIpc) is 0.889. The molecule has 3 heterocycles. The highest BCUT2D eigenvalue weighted by Crippen LogP contribution is 2.38. The Balaban J connectivity index is 0.000000176. The number of ether oxygens (including phenoxy) is 8. The zero-order valence-electron chi connectivity index (χ0n) is 53.1. The van der Waals surface area contributed by atoms with Crippen LogP contribution in [0.25, 0.3) is 0 Å². The molecule has 3 atom stereocenters. The highest BCUT2D eigenvalue weighted by atomic mass is 16.6. The minimum Gasteiger partial charge on any atom is -0.485 e. The second kappa shape index (κ2) is 35.5. The molecule has 0 aliphatic carbocycles. The second-order valence-corrected chi connectivity index (χ2v) is 22.1. The van der Waals surface area contributed by atoms with Gasteiger partial charge in [0.25, 0.3) is 0 Å². The van der Waals surface area contributed by atoms with Crippen molar-refractivity contribution in [2.45, 2.75) is 85.8 Å². The summed E-state index contributed by atoms with van der Waals surface area (Å²) in [7, 11) is 2.78. The van der Waals surface area contributed by atoms with Crippen molar-refractivity contribution in [3.8, 4) is 34.5 Å². The number of aldehydes is 1. The lowest BCUT2D eigenvalue weighted by Crippen LogP contribution is -2.23. The van der Waals surface area contributed by atoms with E-state index in [-0.39, 0.29) is 37.7 Å². The fraction of sp³-hybridized carbons (Fsp3) is 0.256. The lowest BCUT2D eigenvalue weighted by molar-refractivity contribution is -0.106. The van der Waals surface area contributed by atoms with Crippen LogP contribution in [0.4, 0.5) is 0 Å². The van der Waals surface area contributed by atoms with Crippen LogP contribution in [0, 0.1) is 0 Å². The summed E-state index contributed by atoms with van der Waals surface area (Å²) >= 11 is 0. The van der Waals surface area contributed by atoms with Gasteiger partial charge in [-0.1, -0.05) is 167 Å². The van der Waals surface area contributed by atoms with Crippen molar-refractivity contribution < 1.29 is 62.2 Å². The Bertz CT molecular complexity index is 3830. The number of nitrogens with one attached hydrogen (secondary N) is 1. The van der Waals surface area contributed by atoms with Gasteiger partial charge < -0.3 is 53.1 Å². The van der Waals surface area contributed by atoms with Gasteiger partial charge in [-0.2, -0.15) is 0 Å². The fourth-order valence-corrected chi connectivity index (χ4v) is 10.5. The van der Waals surface area contributed by atoms with Crippen molar-refractivity contribution in [1.29, 1.82) is 0 Å². The minimum absolute atomic E-state index is 0. The number of nitrogens with zero attached hydrogens (tertiary/aromatic N) is 2. The number of esters is 2. The van der Waals surface area contributed by atoms with Crippen LogP contribution in [0.1, 0.15) is 128 Å². The molecule has 0 radical (unpaired) electrons. The highest BCUT2D eigenvalue weighted by Gasteiger charge is 2.25. The lowest BCUT2D eigenvalue weighted by Gasteiger charge is -2.27. The third-order valence-corrected chi connectivity index (χ3v) is 15.7. The smallest absolute Gasteiger partial charge is 0.337 e. The molecule has 0 bridgehead atoms. The topological polar surface area (TPSA) is 181 Å². The monoisotopic (exact) mass is 1270 g/mol. The van der Waals surface area contributed by atoms with Crippen molar-refractivity contribution in [2.75, 3.05) is 47.1 Å². The molecule has 94 heavy (non-hydrogen) atoms. The van der Waals surface area contributed by atoms with E-state index < -0.39 is 5.97 Å². The summed E-state index contributed by atoms with van der Waals surface area (Å²) in [6.07, 6.45) is 0.448. The van der Waals surface area contributed by atoms with Gasteiger partial charge in [-0.25, -0.2) is 14.4 Å². The van der Waals surface area contributed by atoms with E-state index in [2.05, 4.69) is 102 Å². The lowest BCUT2D eigenvalue weighted by atomic mass is 10.1. The molecule has 0 aromatic heterocycles. The molecule has 12 rings (SSSR count). The molecule has 0 amide bonds. The Labute approximate surface area is 551 Å². The number of hydrogen-bond acceptors (Lipinski definition) is 15. The van der Waals surface area contributed by atoms with Gasteiger partial charge in [0.1, 0.15) is 26.1 Å². The third-order valence-electron chi connectivity index (χ3n) is 15.7. The summed E-state index contributed by atoms with van der Waals surface area (Å²) in [4.78, 5) is 47.6. The number of para-hydroxylation sites is 6. The van der Waals surface area contributed by atoms with E-state index in [4.69, 9.17) is 47.8 Å². The highest BCUT2D eigenvalue weighted by molar-refractivity contribution is 5.90. The molecule has 0 fully saturated rings. The van der Waals surface area contributed by atoms with Gasteiger partial charge in [-0.05, 0) is 143 Å². The Kier molecular flexibility index (Phi) is 26.3. The molecular formula is C78H83N3O13. The maximum Gasteiger partial charge on any atom is 0.337 e. The van der Waals surface area contributed by atoms with Crippen molar-refractivity contribution in [2.24, 2.45) is 0 Å². The van der Waals surface area contributed by atoms with Gasteiger partial charge in [0, 0.05) is 39.3 Å². The van der Waals surface area contributed by atoms with E-state index in [1.165, 1.54) is 37.8 Å². The zero-order chi connectivity index (χ0) is 65.3. The van der Waals surface area contributed by atoms with E-state index in [0.29, 0.717) is 36.5 Å². The third kappa shape index (κ3) is 19.9. The van der Waals surface area contributed by atoms with E-state index in [0.717, 1.165) is 127 Å². The first kappa shape index (κ1) is 69.6. The summed E-state index contributed by atoms with van der Waals surface area (Å²) in [5.74, 6) is 3.22. The Morgan fingerprint density at radius 3 is 0.957 bits per heavy atom. The van der Waals surface area contributed by atoms with E-state index in [1.54, 1.807) is 24.3 Å². The van der Waals surface area contributed by atoms with Gasteiger partial charge >= 0.3 is 17.9 Å². The molecule has 0 saturated carbocycles.